The first-order chi connectivity index (χ1) is 9.22. The number of ether oxygens (including phenoxy) is 2. The lowest BCUT2D eigenvalue weighted by Crippen LogP contribution is -2.19. The molecular weight excluding hydrogens is 240 g/mol. The first kappa shape index (κ1) is 17.8. The van der Waals surface area contributed by atoms with Crippen LogP contribution in [0.5, 0.6) is 0 Å². The van der Waals surface area contributed by atoms with Crippen LogP contribution >= 0.6 is 0 Å². The van der Waals surface area contributed by atoms with Gasteiger partial charge < -0.3 is 9.47 Å². The SMILES string of the molecule is C=CCCCCCCCCC=COC(C)C(=O)OC. The van der Waals surface area contributed by atoms with Gasteiger partial charge in [0.25, 0.3) is 0 Å². The van der Waals surface area contributed by atoms with Gasteiger partial charge in [-0.05, 0) is 38.7 Å². The molecule has 0 heterocycles. The van der Waals surface area contributed by atoms with Crippen molar-refractivity contribution in [1.29, 1.82) is 0 Å². The molecule has 3 nitrogen and oxygen atoms in total. The van der Waals surface area contributed by atoms with Crippen LogP contribution in [0, 0.1) is 0 Å². The topological polar surface area (TPSA) is 35.5 Å². The molecule has 19 heavy (non-hydrogen) atoms. The molecule has 110 valence electrons. The van der Waals surface area contributed by atoms with Crippen LogP contribution in [0.3, 0.4) is 0 Å². The summed E-state index contributed by atoms with van der Waals surface area (Å²) in [7, 11) is 1.36. The van der Waals surface area contributed by atoms with Gasteiger partial charge >= 0.3 is 5.97 Å². The van der Waals surface area contributed by atoms with Gasteiger partial charge in [0.2, 0.25) is 0 Å². The zero-order valence-corrected chi connectivity index (χ0v) is 12.4. The Morgan fingerprint density at radius 1 is 1.11 bits per heavy atom. The van der Waals surface area contributed by atoms with Crippen LogP contribution < -0.4 is 0 Å². The molecule has 0 radical (unpaired) electrons. The molecule has 0 aromatic carbocycles. The molecule has 1 unspecified atom stereocenters. The van der Waals surface area contributed by atoms with Gasteiger partial charge in [0.05, 0.1) is 13.4 Å². The largest absolute Gasteiger partial charge is 0.487 e. The molecule has 0 spiro atoms. The second-order valence-corrected chi connectivity index (χ2v) is 4.66. The standard InChI is InChI=1S/C16H28O3/c1-4-5-6-7-8-9-10-11-12-13-14-19-15(2)16(17)18-3/h4,13-15H,1,5-12H2,2-3H3. The zero-order valence-electron chi connectivity index (χ0n) is 12.4. The lowest BCUT2D eigenvalue weighted by molar-refractivity contribution is -0.149. The highest BCUT2D eigenvalue weighted by Gasteiger charge is 2.11. The second kappa shape index (κ2) is 13.2. The molecule has 1 atom stereocenters. The van der Waals surface area contributed by atoms with E-state index in [1.165, 1.54) is 45.6 Å². The van der Waals surface area contributed by atoms with E-state index in [2.05, 4.69) is 11.3 Å². The van der Waals surface area contributed by atoms with Crippen molar-refractivity contribution in [3.05, 3.63) is 25.0 Å². The van der Waals surface area contributed by atoms with Gasteiger partial charge in [0, 0.05) is 0 Å². The van der Waals surface area contributed by atoms with Crippen molar-refractivity contribution in [3.63, 3.8) is 0 Å². The van der Waals surface area contributed by atoms with Crippen LogP contribution in [0.1, 0.15) is 58.3 Å². The summed E-state index contributed by atoms with van der Waals surface area (Å²) in [4.78, 5) is 11.0. The Hall–Kier alpha value is -1.25. The third kappa shape index (κ3) is 11.6. The van der Waals surface area contributed by atoms with Gasteiger partial charge in [-0.1, -0.05) is 31.8 Å². The van der Waals surface area contributed by atoms with E-state index in [0.717, 1.165) is 12.8 Å². The third-order valence-electron chi connectivity index (χ3n) is 2.94. The van der Waals surface area contributed by atoms with Crippen molar-refractivity contribution in [2.45, 2.75) is 64.4 Å². The van der Waals surface area contributed by atoms with Crippen molar-refractivity contribution in [2.24, 2.45) is 0 Å². The molecule has 3 heteroatoms. The predicted octanol–water partition coefficient (Wildman–Crippen LogP) is 4.39. The molecule has 0 saturated carbocycles. The highest BCUT2D eigenvalue weighted by Crippen LogP contribution is 2.09. The summed E-state index contributed by atoms with van der Waals surface area (Å²) < 4.78 is 9.76. The Balaban J connectivity index is 3.29. The fourth-order valence-corrected chi connectivity index (χ4v) is 1.72. The summed E-state index contributed by atoms with van der Waals surface area (Å²) >= 11 is 0. The summed E-state index contributed by atoms with van der Waals surface area (Å²) in [5, 5.41) is 0. The third-order valence-corrected chi connectivity index (χ3v) is 2.94. The lowest BCUT2D eigenvalue weighted by Gasteiger charge is -2.07. The Bertz CT molecular complexity index is 259. The second-order valence-electron chi connectivity index (χ2n) is 4.66. The van der Waals surface area contributed by atoms with Crippen LogP contribution in [0.25, 0.3) is 0 Å². The average molecular weight is 268 g/mol. The fraction of sp³-hybridized carbons (Fsp3) is 0.688. The number of unbranched alkanes of at least 4 members (excludes halogenated alkanes) is 7. The summed E-state index contributed by atoms with van der Waals surface area (Å²) in [6, 6.07) is 0. The molecule has 0 aliphatic heterocycles. The van der Waals surface area contributed by atoms with Gasteiger partial charge in [-0.2, -0.15) is 0 Å². The smallest absolute Gasteiger partial charge is 0.346 e. The van der Waals surface area contributed by atoms with Crippen molar-refractivity contribution in [1.82, 2.24) is 0 Å². The van der Waals surface area contributed by atoms with Crippen molar-refractivity contribution in [3.8, 4) is 0 Å². The minimum atomic E-state index is -0.522. The van der Waals surface area contributed by atoms with E-state index in [9.17, 15) is 4.79 Å². The van der Waals surface area contributed by atoms with E-state index in [1.54, 1.807) is 13.2 Å². The Morgan fingerprint density at radius 2 is 1.68 bits per heavy atom. The Labute approximate surface area is 117 Å². The molecular formula is C16H28O3. The molecule has 0 N–H and O–H groups in total. The maximum absolute atomic E-state index is 11.0. The first-order valence-corrected chi connectivity index (χ1v) is 7.21. The molecule has 0 aliphatic carbocycles. The molecule has 0 aliphatic rings. The molecule has 0 rings (SSSR count). The molecule has 0 saturated heterocycles. The first-order valence-electron chi connectivity index (χ1n) is 7.21. The van der Waals surface area contributed by atoms with Crippen molar-refractivity contribution >= 4 is 5.97 Å². The monoisotopic (exact) mass is 268 g/mol. The average Bonchev–Trinajstić information content (AvgIpc) is 2.43. The molecule has 0 bridgehead atoms. The van der Waals surface area contributed by atoms with E-state index >= 15 is 0 Å². The molecule has 0 fully saturated rings. The molecule has 0 aromatic rings. The van der Waals surface area contributed by atoms with Crippen LogP contribution in [0.2, 0.25) is 0 Å². The van der Waals surface area contributed by atoms with Gasteiger partial charge in [-0.15, -0.1) is 6.58 Å². The number of hydrogen-bond acceptors (Lipinski definition) is 3. The number of rotatable bonds is 12. The van der Waals surface area contributed by atoms with Crippen molar-refractivity contribution in [2.75, 3.05) is 7.11 Å². The Kier molecular flexibility index (Phi) is 12.3. The fourth-order valence-electron chi connectivity index (χ4n) is 1.72. The number of carbonyl (C=O) groups is 1. The highest BCUT2D eigenvalue weighted by molar-refractivity contribution is 5.74. The summed E-state index contributed by atoms with van der Waals surface area (Å²) in [5.74, 6) is -0.343. The minimum Gasteiger partial charge on any atom is -0.487 e. The van der Waals surface area contributed by atoms with Gasteiger partial charge in [-0.3, -0.25) is 0 Å². The lowest BCUT2D eigenvalue weighted by atomic mass is 10.1. The minimum absolute atomic E-state index is 0.343. The van der Waals surface area contributed by atoms with E-state index in [0.29, 0.717) is 0 Å². The quantitative estimate of drug-likeness (QED) is 0.228. The zero-order chi connectivity index (χ0) is 14.3. The van der Waals surface area contributed by atoms with Gasteiger partial charge in [0.15, 0.2) is 6.10 Å². The highest BCUT2D eigenvalue weighted by atomic mass is 16.6. The maximum atomic E-state index is 11.0. The number of esters is 1. The van der Waals surface area contributed by atoms with Crippen LogP contribution in [-0.4, -0.2) is 19.2 Å². The number of carbonyl (C=O) groups excluding carboxylic acids is 1. The van der Waals surface area contributed by atoms with Crippen LogP contribution in [0.15, 0.2) is 25.0 Å². The van der Waals surface area contributed by atoms with E-state index < -0.39 is 6.10 Å². The Morgan fingerprint density at radius 3 is 2.26 bits per heavy atom. The summed E-state index contributed by atoms with van der Waals surface area (Å²) in [6.45, 7) is 5.40. The van der Waals surface area contributed by atoms with E-state index in [4.69, 9.17) is 4.74 Å². The number of hydrogen-bond donors (Lipinski definition) is 0. The van der Waals surface area contributed by atoms with E-state index in [1.807, 2.05) is 12.2 Å². The van der Waals surface area contributed by atoms with Gasteiger partial charge in [-0.25, -0.2) is 4.79 Å². The van der Waals surface area contributed by atoms with Crippen molar-refractivity contribution < 1.29 is 14.3 Å². The number of allylic oxidation sites excluding steroid dienone is 2. The van der Waals surface area contributed by atoms with Crippen LogP contribution in [-0.2, 0) is 14.3 Å². The van der Waals surface area contributed by atoms with Crippen LogP contribution in [0.4, 0.5) is 0 Å². The molecule has 0 amide bonds. The maximum Gasteiger partial charge on any atom is 0.346 e. The van der Waals surface area contributed by atoms with Gasteiger partial charge in [0.1, 0.15) is 0 Å². The number of methoxy groups -OCH3 is 1. The predicted molar refractivity (Wildman–Crippen MR) is 78.8 cm³/mol. The summed E-state index contributed by atoms with van der Waals surface area (Å²) in [6.07, 6.45) is 14.8. The summed E-state index contributed by atoms with van der Waals surface area (Å²) in [5.41, 5.74) is 0. The molecule has 0 aromatic heterocycles. The van der Waals surface area contributed by atoms with E-state index in [-0.39, 0.29) is 5.97 Å². The normalized spacial score (nSPS) is 12.3.